The van der Waals surface area contributed by atoms with Crippen LogP contribution in [0.25, 0.3) is 0 Å². The maximum Gasteiger partial charge on any atom is 0.263 e. The van der Waals surface area contributed by atoms with Crippen LogP contribution in [0.15, 0.2) is 53.4 Å². The van der Waals surface area contributed by atoms with Gasteiger partial charge < -0.3 is 14.4 Å². The Morgan fingerprint density at radius 1 is 1.18 bits per heavy atom. The van der Waals surface area contributed by atoms with Gasteiger partial charge in [-0.3, -0.25) is 9.52 Å². The summed E-state index contributed by atoms with van der Waals surface area (Å²) in [4.78, 5) is 14.2. The number of benzene rings is 2. The standard InChI is InChI=1S/C19H21ClN2O5S/c1-14(19(23)22-9-11-26-12-10-22)27-17-5-7-18(8-6-17)28(24,25)21-16-4-2-3-15(20)13-16/h2-8,13-14,21H,9-12H2,1H3/t14-/m1/s1. The zero-order valence-electron chi connectivity index (χ0n) is 15.3. The lowest BCUT2D eigenvalue weighted by Crippen LogP contribution is -2.46. The predicted octanol–water partition coefficient (Wildman–Crippen LogP) is 2.77. The van der Waals surface area contributed by atoms with Crippen LogP contribution in [-0.2, 0) is 19.6 Å². The fraction of sp³-hybridized carbons (Fsp3) is 0.316. The molecular weight excluding hydrogens is 404 g/mol. The highest BCUT2D eigenvalue weighted by molar-refractivity contribution is 7.92. The molecule has 1 amide bonds. The number of nitrogens with one attached hydrogen (secondary N) is 1. The second kappa shape index (κ2) is 8.81. The predicted molar refractivity (Wildman–Crippen MR) is 106 cm³/mol. The average molecular weight is 425 g/mol. The molecule has 2 aromatic carbocycles. The van der Waals surface area contributed by atoms with E-state index in [2.05, 4.69) is 4.72 Å². The van der Waals surface area contributed by atoms with Crippen molar-refractivity contribution >= 4 is 33.2 Å². The largest absolute Gasteiger partial charge is 0.481 e. The number of carbonyl (C=O) groups excluding carboxylic acids is 1. The molecule has 0 aliphatic carbocycles. The van der Waals surface area contributed by atoms with E-state index < -0.39 is 16.1 Å². The molecule has 3 rings (SSSR count). The molecule has 1 N–H and O–H groups in total. The third-order valence-corrected chi connectivity index (χ3v) is 5.83. The Bertz CT molecular complexity index is 928. The minimum Gasteiger partial charge on any atom is -0.481 e. The highest BCUT2D eigenvalue weighted by Gasteiger charge is 2.24. The minimum absolute atomic E-state index is 0.0759. The number of amides is 1. The Labute approximate surface area is 169 Å². The molecule has 9 heteroatoms. The summed E-state index contributed by atoms with van der Waals surface area (Å²) >= 11 is 5.88. The Kier molecular flexibility index (Phi) is 6.43. The Balaban J connectivity index is 1.64. The Morgan fingerprint density at radius 3 is 2.50 bits per heavy atom. The first kappa shape index (κ1) is 20.4. The Morgan fingerprint density at radius 2 is 1.86 bits per heavy atom. The lowest BCUT2D eigenvalue weighted by Gasteiger charge is -2.29. The summed E-state index contributed by atoms with van der Waals surface area (Å²) in [6.45, 7) is 3.79. The number of ether oxygens (including phenoxy) is 2. The van der Waals surface area contributed by atoms with Crippen LogP contribution in [0.1, 0.15) is 6.92 Å². The number of hydrogen-bond acceptors (Lipinski definition) is 5. The molecule has 1 atom stereocenters. The van der Waals surface area contributed by atoms with Gasteiger partial charge in [-0.05, 0) is 49.4 Å². The molecular formula is C19H21ClN2O5S. The SMILES string of the molecule is C[C@@H](Oc1ccc(S(=O)(=O)Nc2cccc(Cl)c2)cc1)C(=O)N1CCOCC1. The molecule has 7 nitrogen and oxygen atoms in total. The third-order valence-electron chi connectivity index (χ3n) is 4.19. The molecule has 0 bridgehead atoms. The molecule has 1 saturated heterocycles. The van der Waals surface area contributed by atoms with Crippen molar-refractivity contribution in [1.82, 2.24) is 4.90 Å². The van der Waals surface area contributed by atoms with Crippen LogP contribution in [0.2, 0.25) is 5.02 Å². The van der Waals surface area contributed by atoms with Gasteiger partial charge in [0.2, 0.25) is 0 Å². The maximum atomic E-state index is 12.5. The van der Waals surface area contributed by atoms with Crippen molar-refractivity contribution in [3.05, 3.63) is 53.6 Å². The van der Waals surface area contributed by atoms with Crippen LogP contribution in [0.3, 0.4) is 0 Å². The van der Waals surface area contributed by atoms with Gasteiger partial charge in [0.1, 0.15) is 5.75 Å². The van der Waals surface area contributed by atoms with Crippen molar-refractivity contribution in [3.63, 3.8) is 0 Å². The van der Waals surface area contributed by atoms with E-state index in [0.29, 0.717) is 42.8 Å². The smallest absolute Gasteiger partial charge is 0.263 e. The molecule has 2 aromatic rings. The summed E-state index contributed by atoms with van der Waals surface area (Å²) in [5, 5.41) is 0.433. The van der Waals surface area contributed by atoms with E-state index in [0.717, 1.165) is 0 Å². The summed E-state index contributed by atoms with van der Waals surface area (Å²) in [6.07, 6.45) is -0.676. The second-order valence-electron chi connectivity index (χ2n) is 6.28. The zero-order valence-corrected chi connectivity index (χ0v) is 16.9. The van der Waals surface area contributed by atoms with E-state index in [9.17, 15) is 13.2 Å². The van der Waals surface area contributed by atoms with Gasteiger partial charge in [0.15, 0.2) is 6.10 Å². The molecule has 1 fully saturated rings. The monoisotopic (exact) mass is 424 g/mol. The first-order valence-corrected chi connectivity index (χ1v) is 10.6. The number of sulfonamides is 1. The summed E-state index contributed by atoms with van der Waals surface area (Å²) in [5.41, 5.74) is 0.373. The molecule has 1 aliphatic rings. The molecule has 0 unspecified atom stereocenters. The van der Waals surface area contributed by atoms with Gasteiger partial charge in [-0.15, -0.1) is 0 Å². The van der Waals surface area contributed by atoms with E-state index in [1.54, 1.807) is 30.0 Å². The number of halogens is 1. The van der Waals surface area contributed by atoms with Crippen molar-refractivity contribution < 1.29 is 22.7 Å². The van der Waals surface area contributed by atoms with Gasteiger partial charge in [0.25, 0.3) is 15.9 Å². The van der Waals surface area contributed by atoms with E-state index in [1.807, 2.05) is 0 Å². The van der Waals surface area contributed by atoms with Gasteiger partial charge in [0.05, 0.1) is 23.8 Å². The van der Waals surface area contributed by atoms with Crippen molar-refractivity contribution in [1.29, 1.82) is 0 Å². The summed E-state index contributed by atoms with van der Waals surface area (Å²) < 4.78 is 38.4. The minimum atomic E-state index is -3.76. The van der Waals surface area contributed by atoms with Crippen LogP contribution in [-0.4, -0.2) is 51.6 Å². The van der Waals surface area contributed by atoms with Crippen LogP contribution in [0.5, 0.6) is 5.75 Å². The first-order valence-electron chi connectivity index (χ1n) is 8.77. The molecule has 28 heavy (non-hydrogen) atoms. The zero-order chi connectivity index (χ0) is 20.1. The molecule has 0 saturated carbocycles. The Hall–Kier alpha value is -2.29. The summed E-state index contributed by atoms with van der Waals surface area (Å²) in [7, 11) is -3.76. The number of anilines is 1. The third kappa shape index (κ3) is 5.15. The summed E-state index contributed by atoms with van der Waals surface area (Å²) in [6, 6.07) is 12.3. The number of morpholine rings is 1. The quantitative estimate of drug-likeness (QED) is 0.770. The van der Waals surface area contributed by atoms with E-state index in [-0.39, 0.29) is 10.8 Å². The van der Waals surface area contributed by atoms with Crippen LogP contribution >= 0.6 is 11.6 Å². The maximum absolute atomic E-state index is 12.5. The summed E-state index contributed by atoms with van der Waals surface area (Å²) in [5.74, 6) is 0.290. The van der Waals surface area contributed by atoms with Crippen molar-refractivity contribution in [2.24, 2.45) is 0 Å². The lowest BCUT2D eigenvalue weighted by atomic mass is 10.3. The topological polar surface area (TPSA) is 84.9 Å². The van der Waals surface area contributed by atoms with Gasteiger partial charge in [-0.25, -0.2) is 8.42 Å². The molecule has 0 radical (unpaired) electrons. The van der Waals surface area contributed by atoms with Crippen LogP contribution in [0.4, 0.5) is 5.69 Å². The number of hydrogen-bond donors (Lipinski definition) is 1. The highest BCUT2D eigenvalue weighted by Crippen LogP contribution is 2.22. The van der Waals surface area contributed by atoms with Crippen molar-refractivity contribution in [2.75, 3.05) is 31.0 Å². The van der Waals surface area contributed by atoms with Crippen LogP contribution in [0, 0.1) is 0 Å². The fourth-order valence-corrected chi connectivity index (χ4v) is 4.00. The molecule has 1 heterocycles. The van der Waals surface area contributed by atoms with Crippen molar-refractivity contribution in [2.45, 2.75) is 17.9 Å². The number of nitrogens with zero attached hydrogens (tertiary/aromatic N) is 1. The van der Waals surface area contributed by atoms with Gasteiger partial charge in [0, 0.05) is 18.1 Å². The lowest BCUT2D eigenvalue weighted by molar-refractivity contribution is -0.142. The number of rotatable bonds is 6. The molecule has 0 spiro atoms. The van der Waals surface area contributed by atoms with Gasteiger partial charge in [-0.1, -0.05) is 17.7 Å². The number of carbonyl (C=O) groups is 1. The van der Waals surface area contributed by atoms with E-state index >= 15 is 0 Å². The first-order chi connectivity index (χ1) is 13.3. The van der Waals surface area contributed by atoms with E-state index in [4.69, 9.17) is 21.1 Å². The van der Waals surface area contributed by atoms with E-state index in [1.165, 1.54) is 30.3 Å². The van der Waals surface area contributed by atoms with Gasteiger partial charge in [-0.2, -0.15) is 0 Å². The van der Waals surface area contributed by atoms with Crippen LogP contribution < -0.4 is 9.46 Å². The molecule has 1 aliphatic heterocycles. The van der Waals surface area contributed by atoms with Crippen molar-refractivity contribution in [3.8, 4) is 5.75 Å². The second-order valence-corrected chi connectivity index (χ2v) is 8.40. The molecule has 0 aromatic heterocycles. The van der Waals surface area contributed by atoms with Gasteiger partial charge >= 0.3 is 0 Å². The average Bonchev–Trinajstić information content (AvgIpc) is 2.68. The molecule has 150 valence electrons. The normalized spacial score (nSPS) is 15.7. The fourth-order valence-electron chi connectivity index (χ4n) is 2.76. The highest BCUT2D eigenvalue weighted by atomic mass is 35.5.